The number of aromatic nitrogens is 3. The van der Waals surface area contributed by atoms with Gasteiger partial charge in [0, 0.05) is 24.6 Å². The first-order valence-electron chi connectivity index (χ1n) is 8.80. The van der Waals surface area contributed by atoms with Gasteiger partial charge >= 0.3 is 6.18 Å². The molecule has 4 nitrogen and oxygen atoms in total. The van der Waals surface area contributed by atoms with Crippen molar-refractivity contribution in [3.8, 4) is 0 Å². The lowest BCUT2D eigenvalue weighted by atomic mass is 10.0. The zero-order chi connectivity index (χ0) is 17.9. The van der Waals surface area contributed by atoms with E-state index in [1.165, 1.54) is 10.6 Å². The van der Waals surface area contributed by atoms with Crippen LogP contribution in [0.5, 0.6) is 0 Å². The van der Waals surface area contributed by atoms with Crippen LogP contribution in [0.25, 0.3) is 5.65 Å². The molecule has 0 radical (unpaired) electrons. The largest absolute Gasteiger partial charge is 0.418 e. The van der Waals surface area contributed by atoms with Gasteiger partial charge in [-0.05, 0) is 48.6 Å². The summed E-state index contributed by atoms with van der Waals surface area (Å²) >= 11 is 0. The summed E-state index contributed by atoms with van der Waals surface area (Å²) < 4.78 is 42.2. The molecule has 1 fully saturated rings. The van der Waals surface area contributed by atoms with Crippen LogP contribution in [0.2, 0.25) is 0 Å². The van der Waals surface area contributed by atoms with E-state index in [1.54, 1.807) is 0 Å². The molecule has 5 rings (SSSR count). The highest BCUT2D eigenvalue weighted by atomic mass is 19.4. The minimum atomic E-state index is -4.42. The first-order chi connectivity index (χ1) is 12.5. The van der Waals surface area contributed by atoms with Gasteiger partial charge in [0.1, 0.15) is 0 Å². The number of nitrogens with zero attached hydrogens (tertiary/aromatic N) is 3. The van der Waals surface area contributed by atoms with Crippen LogP contribution in [-0.4, -0.2) is 21.1 Å². The molecule has 1 aromatic carbocycles. The summed E-state index contributed by atoms with van der Waals surface area (Å²) in [5.74, 6) is 0.951. The highest BCUT2D eigenvalue weighted by Gasteiger charge is 2.36. The van der Waals surface area contributed by atoms with E-state index < -0.39 is 11.7 Å². The van der Waals surface area contributed by atoms with Crippen molar-refractivity contribution in [2.75, 3.05) is 11.9 Å². The van der Waals surface area contributed by atoms with Gasteiger partial charge in [-0.2, -0.15) is 18.3 Å². The summed E-state index contributed by atoms with van der Waals surface area (Å²) in [6.45, 7) is 0.871. The molecule has 134 valence electrons. The fourth-order valence-electron chi connectivity index (χ4n) is 3.62. The number of hydrogen-bond donors (Lipinski definition) is 1. The smallest absolute Gasteiger partial charge is 0.384 e. The quantitative estimate of drug-likeness (QED) is 0.764. The van der Waals surface area contributed by atoms with Crippen LogP contribution < -0.4 is 5.32 Å². The Kier molecular flexibility index (Phi) is 3.29. The number of hydrogen-bond acceptors (Lipinski definition) is 3. The lowest BCUT2D eigenvalue weighted by Crippen LogP contribution is -2.14. The molecule has 2 aromatic heterocycles. The lowest BCUT2D eigenvalue weighted by Gasteiger charge is -2.14. The van der Waals surface area contributed by atoms with Crippen molar-refractivity contribution in [3.63, 3.8) is 0 Å². The van der Waals surface area contributed by atoms with Crippen LogP contribution in [0.3, 0.4) is 0 Å². The second-order valence-corrected chi connectivity index (χ2v) is 7.05. The molecule has 3 aromatic rings. The molecule has 2 aliphatic rings. The molecule has 26 heavy (non-hydrogen) atoms. The summed E-state index contributed by atoms with van der Waals surface area (Å²) in [6, 6.07) is 8.37. The zero-order valence-electron chi connectivity index (χ0n) is 14.0. The van der Waals surface area contributed by atoms with Gasteiger partial charge < -0.3 is 5.32 Å². The highest BCUT2D eigenvalue weighted by molar-refractivity contribution is 5.57. The van der Waals surface area contributed by atoms with Crippen LogP contribution >= 0.6 is 0 Å². The van der Waals surface area contributed by atoms with E-state index >= 15 is 0 Å². The second-order valence-electron chi connectivity index (χ2n) is 7.05. The third kappa shape index (κ3) is 2.62. The first-order valence-corrected chi connectivity index (χ1v) is 8.80. The molecule has 7 heteroatoms. The van der Waals surface area contributed by atoms with Crippen molar-refractivity contribution >= 4 is 11.3 Å². The zero-order valence-corrected chi connectivity index (χ0v) is 14.0. The van der Waals surface area contributed by atoms with E-state index in [9.17, 15) is 13.2 Å². The normalized spacial score (nSPS) is 16.7. The predicted molar refractivity (Wildman–Crippen MR) is 91.4 cm³/mol. The summed E-state index contributed by atoms with van der Waals surface area (Å²) in [7, 11) is 0. The van der Waals surface area contributed by atoms with Gasteiger partial charge in [-0.25, -0.2) is 9.50 Å². The number of nitrogens with one attached hydrogen (secondary N) is 1. The number of anilines is 1. The highest BCUT2D eigenvalue weighted by Crippen LogP contribution is 2.39. The van der Waals surface area contributed by atoms with E-state index in [1.807, 2.05) is 18.2 Å². The van der Waals surface area contributed by atoms with Gasteiger partial charge in [0.2, 0.25) is 0 Å². The van der Waals surface area contributed by atoms with E-state index in [0.717, 1.165) is 48.7 Å². The minimum Gasteiger partial charge on any atom is -0.384 e. The van der Waals surface area contributed by atoms with Crippen LogP contribution in [0, 0.1) is 0 Å². The van der Waals surface area contributed by atoms with Crippen molar-refractivity contribution < 1.29 is 13.2 Å². The molecule has 0 spiro atoms. The molecule has 0 unspecified atom stereocenters. The lowest BCUT2D eigenvalue weighted by molar-refractivity contribution is -0.138. The molecule has 1 N–H and O–H groups in total. The van der Waals surface area contributed by atoms with E-state index in [0.29, 0.717) is 17.4 Å². The third-order valence-electron chi connectivity index (χ3n) is 5.11. The van der Waals surface area contributed by atoms with Crippen LogP contribution in [-0.2, 0) is 19.0 Å². The SMILES string of the molecule is FC(F)(F)c1ccc2nc(C3CC3)nn2c1Cc1ccc2c(c1)CCN2. The monoisotopic (exact) mass is 358 g/mol. The average Bonchev–Trinajstić information content (AvgIpc) is 3.17. The Morgan fingerprint density at radius 1 is 1.15 bits per heavy atom. The van der Waals surface area contributed by atoms with Crippen molar-refractivity contribution in [1.29, 1.82) is 0 Å². The first kappa shape index (κ1) is 15.7. The van der Waals surface area contributed by atoms with Crippen LogP contribution in [0.15, 0.2) is 30.3 Å². The number of rotatable bonds is 3. The Labute approximate surface area is 148 Å². The predicted octanol–water partition coefficient (Wildman–Crippen LogP) is 4.18. The van der Waals surface area contributed by atoms with Gasteiger partial charge in [-0.3, -0.25) is 0 Å². The summed E-state index contributed by atoms with van der Waals surface area (Å²) in [6.07, 6.45) is -1.33. The van der Waals surface area contributed by atoms with E-state index in [2.05, 4.69) is 15.4 Å². The maximum absolute atomic E-state index is 13.6. The Hall–Kier alpha value is -2.57. The molecular weight excluding hydrogens is 341 g/mol. The molecular formula is C19H17F3N4. The van der Waals surface area contributed by atoms with Crippen molar-refractivity contribution in [3.05, 3.63) is 58.5 Å². The molecule has 1 saturated carbocycles. The number of pyridine rings is 1. The minimum absolute atomic E-state index is 0.153. The molecule has 3 heterocycles. The second kappa shape index (κ2) is 5.46. The Morgan fingerprint density at radius 3 is 2.77 bits per heavy atom. The summed E-state index contributed by atoms with van der Waals surface area (Å²) in [4.78, 5) is 4.43. The maximum atomic E-state index is 13.6. The van der Waals surface area contributed by atoms with Gasteiger partial charge in [0.25, 0.3) is 0 Å². The van der Waals surface area contributed by atoms with E-state index in [-0.39, 0.29) is 12.1 Å². The van der Waals surface area contributed by atoms with Gasteiger partial charge in [0.15, 0.2) is 11.5 Å². The summed E-state index contributed by atoms with van der Waals surface area (Å²) in [5.41, 5.74) is 3.07. The van der Waals surface area contributed by atoms with Crippen LogP contribution in [0.1, 0.15) is 47.0 Å². The molecule has 0 atom stereocenters. The summed E-state index contributed by atoms with van der Waals surface area (Å²) in [5, 5.41) is 7.68. The van der Waals surface area contributed by atoms with Gasteiger partial charge in [-0.1, -0.05) is 12.1 Å². The molecule has 0 bridgehead atoms. The Balaban J connectivity index is 1.63. The number of halogens is 3. The number of benzene rings is 1. The average molecular weight is 358 g/mol. The van der Waals surface area contributed by atoms with Crippen LogP contribution in [0.4, 0.5) is 18.9 Å². The maximum Gasteiger partial charge on any atom is 0.418 e. The standard InChI is InChI=1S/C19H17F3N4/c20-19(21,22)14-4-6-17-24-18(12-2-3-12)25-26(17)16(14)10-11-1-5-15-13(9-11)7-8-23-15/h1,4-6,9,12,23H,2-3,7-8,10H2. The van der Waals surface area contributed by atoms with Gasteiger partial charge in [-0.15, -0.1) is 0 Å². The molecule has 0 saturated heterocycles. The van der Waals surface area contributed by atoms with Crippen molar-refractivity contribution in [2.45, 2.75) is 37.8 Å². The molecule has 1 aliphatic carbocycles. The van der Waals surface area contributed by atoms with E-state index in [4.69, 9.17) is 0 Å². The Morgan fingerprint density at radius 2 is 2.00 bits per heavy atom. The third-order valence-corrected chi connectivity index (χ3v) is 5.11. The molecule has 0 amide bonds. The van der Waals surface area contributed by atoms with Gasteiger partial charge in [0.05, 0.1) is 11.3 Å². The van der Waals surface area contributed by atoms with Crippen molar-refractivity contribution in [2.24, 2.45) is 0 Å². The molecule has 1 aliphatic heterocycles. The number of alkyl halides is 3. The van der Waals surface area contributed by atoms with Crippen molar-refractivity contribution in [1.82, 2.24) is 14.6 Å². The number of fused-ring (bicyclic) bond motifs is 2. The topological polar surface area (TPSA) is 42.2 Å². The fourth-order valence-corrected chi connectivity index (χ4v) is 3.62. The fraction of sp³-hybridized carbons (Fsp3) is 0.368. The Bertz CT molecular complexity index is 1000.